The molecule has 1 aliphatic heterocycles. The van der Waals surface area contributed by atoms with Gasteiger partial charge >= 0.3 is 11.9 Å². The van der Waals surface area contributed by atoms with Crippen LogP contribution < -0.4 is 21.9 Å². The maximum atomic E-state index is 13.0. The van der Waals surface area contributed by atoms with E-state index in [0.717, 1.165) is 7.11 Å². The predicted molar refractivity (Wildman–Crippen MR) is 120 cm³/mol. The van der Waals surface area contributed by atoms with Gasteiger partial charge in [0.1, 0.15) is 18.1 Å². The summed E-state index contributed by atoms with van der Waals surface area (Å²) in [6, 6.07) is -4.25. The lowest BCUT2D eigenvalue weighted by molar-refractivity contribution is -0.149. The van der Waals surface area contributed by atoms with E-state index in [1.165, 1.54) is 11.8 Å². The average molecular weight is 488 g/mol. The van der Waals surface area contributed by atoms with Crippen LogP contribution in [0.15, 0.2) is 0 Å². The number of rotatable bonds is 13. The highest BCUT2D eigenvalue weighted by Crippen LogP contribution is 2.20. The van der Waals surface area contributed by atoms with Gasteiger partial charge in [-0.25, -0.2) is 10.2 Å². The molecule has 7 N–H and O–H groups in total. The van der Waals surface area contributed by atoms with Crippen LogP contribution in [0.1, 0.15) is 52.9 Å². The molecule has 1 heterocycles. The second kappa shape index (κ2) is 13.8. The Morgan fingerprint density at radius 2 is 1.76 bits per heavy atom. The zero-order valence-corrected chi connectivity index (χ0v) is 20.1. The third-order valence-corrected chi connectivity index (χ3v) is 5.56. The molecule has 0 bridgehead atoms. The molecule has 1 aliphatic rings. The topological polar surface area (TPSA) is 200 Å². The number of hydrogen-bond donors (Lipinski definition) is 6. The number of nitrogens with two attached hydrogens (primary N) is 1. The molecule has 34 heavy (non-hydrogen) atoms. The highest BCUT2D eigenvalue weighted by Gasteiger charge is 2.39. The van der Waals surface area contributed by atoms with E-state index >= 15 is 0 Å². The summed E-state index contributed by atoms with van der Waals surface area (Å²) < 4.78 is 4.56. The molecule has 13 heteroatoms. The number of carbonyl (C=O) groups is 5. The van der Waals surface area contributed by atoms with Crippen molar-refractivity contribution in [2.24, 2.45) is 11.8 Å². The molecule has 0 aromatic heterocycles. The van der Waals surface area contributed by atoms with Crippen molar-refractivity contribution in [2.45, 2.75) is 83.1 Å². The minimum absolute atomic E-state index is 0.181. The van der Waals surface area contributed by atoms with Gasteiger partial charge in [-0.05, 0) is 38.5 Å². The number of aliphatic hydroxyl groups excluding tert-OH is 1. The molecule has 0 aromatic carbocycles. The number of amides is 3. The van der Waals surface area contributed by atoms with Gasteiger partial charge in [0.2, 0.25) is 17.7 Å². The number of esters is 1. The number of carboxylic acid groups (broad SMARTS) is 1. The Morgan fingerprint density at radius 3 is 2.26 bits per heavy atom. The van der Waals surface area contributed by atoms with E-state index in [-0.39, 0.29) is 18.2 Å². The number of carboxylic acids is 1. The molecule has 5 unspecified atom stereocenters. The minimum atomic E-state index is -1.40. The van der Waals surface area contributed by atoms with Gasteiger partial charge in [0.15, 0.2) is 6.04 Å². The van der Waals surface area contributed by atoms with Crippen LogP contribution in [0.2, 0.25) is 0 Å². The van der Waals surface area contributed by atoms with Crippen LogP contribution in [0.4, 0.5) is 0 Å². The van der Waals surface area contributed by atoms with E-state index in [1.807, 2.05) is 13.8 Å². The van der Waals surface area contributed by atoms with Crippen LogP contribution >= 0.6 is 0 Å². The number of ether oxygens (including phenoxy) is 1. The van der Waals surface area contributed by atoms with Crippen molar-refractivity contribution in [3.63, 3.8) is 0 Å². The van der Waals surface area contributed by atoms with Crippen molar-refractivity contribution >= 4 is 29.7 Å². The highest BCUT2D eigenvalue weighted by atomic mass is 16.5. The monoisotopic (exact) mass is 487 g/mol. The molecule has 0 saturated carbocycles. The molecular formula is C21H37N5O8. The quantitative estimate of drug-likeness (QED) is 0.0982. The third kappa shape index (κ3) is 8.54. The Labute approximate surface area is 198 Å². The molecule has 3 amide bonds. The van der Waals surface area contributed by atoms with Gasteiger partial charge in [0, 0.05) is 13.0 Å². The van der Waals surface area contributed by atoms with Gasteiger partial charge in [-0.1, -0.05) is 13.8 Å². The maximum Gasteiger partial charge on any atom is 0.331 e. The van der Waals surface area contributed by atoms with Crippen molar-refractivity contribution in [1.82, 2.24) is 21.0 Å². The summed E-state index contributed by atoms with van der Waals surface area (Å²) in [4.78, 5) is 63.1. The molecular weight excluding hydrogens is 450 g/mol. The third-order valence-electron chi connectivity index (χ3n) is 5.56. The molecule has 194 valence electrons. The van der Waals surface area contributed by atoms with Gasteiger partial charge in [-0.2, -0.15) is 0 Å². The Morgan fingerprint density at radius 1 is 1.12 bits per heavy atom. The normalized spacial score (nSPS) is 19.1. The van der Waals surface area contributed by atoms with Crippen molar-refractivity contribution in [2.75, 3.05) is 13.7 Å². The summed E-state index contributed by atoms with van der Waals surface area (Å²) in [7, 11) is 1.09. The summed E-state index contributed by atoms with van der Waals surface area (Å²) in [5.74, 6) is 1.83. The fraction of sp³-hybridized carbons (Fsp3) is 0.762. The van der Waals surface area contributed by atoms with E-state index in [4.69, 9.17) is 10.9 Å². The van der Waals surface area contributed by atoms with Crippen molar-refractivity contribution in [1.29, 1.82) is 0 Å². The molecule has 0 spiro atoms. The molecule has 1 fully saturated rings. The molecule has 0 radical (unpaired) electrons. The maximum absolute atomic E-state index is 13.0. The standard InChI is InChI=1S/C21H37N5O8/c1-11(2)10-14(25-22)20(32)26-9-5-6-15(26)19(31)23-13(7-8-16(28)29)18(30)24-17(12(3)27)21(33)34-4/h11-15,17,25,27H,5-10,22H2,1-4H3,(H,23,31)(H,24,30)(H,28,29). The van der Waals surface area contributed by atoms with Crippen LogP contribution in [-0.4, -0.2) is 88.7 Å². The lowest BCUT2D eigenvalue weighted by Crippen LogP contribution is -2.58. The first kappa shape index (κ1) is 29.3. The van der Waals surface area contributed by atoms with Gasteiger partial charge < -0.3 is 30.5 Å². The Balaban J connectivity index is 3.00. The summed E-state index contributed by atoms with van der Waals surface area (Å²) in [5.41, 5.74) is 2.49. The van der Waals surface area contributed by atoms with Crippen LogP contribution in [-0.2, 0) is 28.7 Å². The Kier molecular flexibility index (Phi) is 11.9. The number of likely N-dealkylation sites (tertiary alicyclic amines) is 1. The van der Waals surface area contributed by atoms with Crippen molar-refractivity contribution in [3.8, 4) is 0 Å². The summed E-state index contributed by atoms with van der Waals surface area (Å²) in [5, 5.41) is 23.6. The first-order valence-corrected chi connectivity index (χ1v) is 11.3. The number of hydrazine groups is 1. The molecule has 0 aromatic rings. The fourth-order valence-corrected chi connectivity index (χ4v) is 3.78. The van der Waals surface area contributed by atoms with E-state index in [9.17, 15) is 29.1 Å². The zero-order valence-electron chi connectivity index (χ0n) is 20.1. The molecule has 1 saturated heterocycles. The van der Waals surface area contributed by atoms with E-state index in [1.54, 1.807) is 0 Å². The number of nitrogens with zero attached hydrogens (tertiary/aromatic N) is 1. The first-order chi connectivity index (χ1) is 15.9. The molecule has 1 rings (SSSR count). The Bertz CT molecular complexity index is 745. The Hall–Kier alpha value is -2.77. The van der Waals surface area contributed by atoms with Gasteiger partial charge in [0.25, 0.3) is 0 Å². The van der Waals surface area contributed by atoms with E-state index in [2.05, 4.69) is 20.8 Å². The number of methoxy groups -OCH3 is 1. The molecule has 5 atom stereocenters. The highest BCUT2D eigenvalue weighted by molar-refractivity contribution is 5.94. The van der Waals surface area contributed by atoms with Crippen LogP contribution in [0.3, 0.4) is 0 Å². The fourth-order valence-electron chi connectivity index (χ4n) is 3.78. The van der Waals surface area contributed by atoms with Crippen LogP contribution in [0.5, 0.6) is 0 Å². The zero-order chi connectivity index (χ0) is 26.0. The van der Waals surface area contributed by atoms with Gasteiger partial charge in [0.05, 0.1) is 13.2 Å². The smallest absolute Gasteiger partial charge is 0.331 e. The van der Waals surface area contributed by atoms with E-state index < -0.39 is 60.4 Å². The van der Waals surface area contributed by atoms with Crippen LogP contribution in [0, 0.1) is 5.92 Å². The van der Waals surface area contributed by atoms with Crippen molar-refractivity contribution in [3.05, 3.63) is 0 Å². The lowest BCUT2D eigenvalue weighted by Gasteiger charge is -2.30. The summed E-state index contributed by atoms with van der Waals surface area (Å²) in [6.07, 6.45) is -0.586. The summed E-state index contributed by atoms with van der Waals surface area (Å²) in [6.45, 7) is 5.48. The van der Waals surface area contributed by atoms with Crippen LogP contribution in [0.25, 0.3) is 0 Å². The van der Waals surface area contributed by atoms with E-state index in [0.29, 0.717) is 25.8 Å². The number of aliphatic hydroxyl groups is 1. The van der Waals surface area contributed by atoms with Gasteiger partial charge in [-0.15, -0.1) is 0 Å². The SMILES string of the molecule is COC(=O)C(NC(=O)C(CCC(=O)O)NC(=O)C1CCCN1C(=O)C(CC(C)C)NN)C(C)O. The average Bonchev–Trinajstić information content (AvgIpc) is 3.26. The number of hydrogen-bond acceptors (Lipinski definition) is 9. The number of nitrogens with one attached hydrogen (secondary N) is 3. The number of carbonyl (C=O) groups excluding carboxylic acids is 4. The summed E-state index contributed by atoms with van der Waals surface area (Å²) >= 11 is 0. The lowest BCUT2D eigenvalue weighted by atomic mass is 10.0. The molecule has 13 nitrogen and oxygen atoms in total. The largest absolute Gasteiger partial charge is 0.481 e. The second-order valence-corrected chi connectivity index (χ2v) is 8.78. The van der Waals surface area contributed by atoms with Gasteiger partial charge in [-0.3, -0.25) is 25.0 Å². The number of aliphatic carboxylic acids is 1. The predicted octanol–water partition coefficient (Wildman–Crippen LogP) is -1.76. The molecule has 0 aliphatic carbocycles. The second-order valence-electron chi connectivity index (χ2n) is 8.78. The minimum Gasteiger partial charge on any atom is -0.481 e. The van der Waals surface area contributed by atoms with Crippen molar-refractivity contribution < 1.29 is 38.9 Å². The first-order valence-electron chi connectivity index (χ1n) is 11.3.